The van der Waals surface area contributed by atoms with E-state index in [0.29, 0.717) is 24.5 Å². The number of carbonyl (C=O) groups excluding carboxylic acids is 1. The highest BCUT2D eigenvalue weighted by Crippen LogP contribution is 2.26. The maximum absolute atomic E-state index is 12.8. The minimum atomic E-state index is -4.72. The Kier molecular flexibility index (Phi) is 5.14. The molecule has 1 atom stereocenters. The van der Waals surface area contributed by atoms with Crippen LogP contribution >= 0.6 is 0 Å². The summed E-state index contributed by atoms with van der Waals surface area (Å²) in [5.74, 6) is -2.12. The number of morpholine rings is 1. The lowest BCUT2D eigenvalue weighted by Gasteiger charge is -2.23. The highest BCUT2D eigenvalue weighted by atomic mass is 19.4. The van der Waals surface area contributed by atoms with Gasteiger partial charge in [0.15, 0.2) is 0 Å². The normalized spacial score (nSPS) is 17.8. The Morgan fingerprint density at radius 3 is 2.77 bits per heavy atom. The fraction of sp³-hybridized carbons (Fsp3) is 0.375. The van der Waals surface area contributed by atoms with Gasteiger partial charge in [0, 0.05) is 18.8 Å². The number of hydrogen-bond donors (Lipinski definition) is 2. The number of aromatic nitrogens is 3. The Balaban J connectivity index is 1.72. The first-order chi connectivity index (χ1) is 12.3. The van der Waals surface area contributed by atoms with Gasteiger partial charge in [-0.3, -0.25) is 9.78 Å². The molecule has 2 aromatic rings. The fourth-order valence-corrected chi connectivity index (χ4v) is 2.43. The van der Waals surface area contributed by atoms with Gasteiger partial charge in [0.05, 0.1) is 24.2 Å². The molecule has 1 aliphatic heterocycles. The van der Waals surface area contributed by atoms with Crippen LogP contribution in [0.5, 0.6) is 0 Å². The molecule has 0 aromatic carbocycles. The number of ether oxygens (including phenoxy) is 1. The standard InChI is InChI=1S/C16H16F3N5O2/c1-9-6-12(24-15(22-9)16(17,18)19)14(25)23-10-2-3-11(21-7-10)13-8-20-4-5-26-13/h2-3,6-7,13,20H,4-5,8H2,1H3,(H,23,25). The quantitative estimate of drug-likeness (QED) is 0.864. The number of halogens is 3. The van der Waals surface area contributed by atoms with Crippen molar-refractivity contribution in [1.82, 2.24) is 20.3 Å². The van der Waals surface area contributed by atoms with Crippen molar-refractivity contribution in [2.24, 2.45) is 0 Å². The zero-order valence-corrected chi connectivity index (χ0v) is 13.8. The molecule has 0 saturated carbocycles. The van der Waals surface area contributed by atoms with E-state index < -0.39 is 17.9 Å². The number of aryl methyl sites for hydroxylation is 1. The minimum absolute atomic E-state index is 0.0490. The molecule has 1 fully saturated rings. The first-order valence-corrected chi connectivity index (χ1v) is 7.85. The molecule has 7 nitrogen and oxygen atoms in total. The third-order valence-electron chi connectivity index (χ3n) is 3.64. The van der Waals surface area contributed by atoms with Crippen LogP contribution in [0.3, 0.4) is 0 Å². The molecule has 3 heterocycles. The summed E-state index contributed by atoms with van der Waals surface area (Å²) >= 11 is 0. The Bertz CT molecular complexity index is 789. The van der Waals surface area contributed by atoms with Gasteiger partial charge in [-0.25, -0.2) is 9.97 Å². The summed E-state index contributed by atoms with van der Waals surface area (Å²) in [6, 6.07) is 4.49. The zero-order valence-electron chi connectivity index (χ0n) is 13.8. The van der Waals surface area contributed by atoms with Crippen LogP contribution in [-0.2, 0) is 10.9 Å². The third kappa shape index (κ3) is 4.33. The van der Waals surface area contributed by atoms with Crippen molar-refractivity contribution >= 4 is 11.6 Å². The Hall–Kier alpha value is -2.59. The van der Waals surface area contributed by atoms with Crippen LogP contribution in [0.25, 0.3) is 0 Å². The number of hydrogen-bond acceptors (Lipinski definition) is 6. The lowest BCUT2D eigenvalue weighted by Crippen LogP contribution is -2.33. The van der Waals surface area contributed by atoms with E-state index in [1.54, 1.807) is 12.1 Å². The topological polar surface area (TPSA) is 89.0 Å². The first kappa shape index (κ1) is 18.2. The second-order valence-corrected chi connectivity index (χ2v) is 5.71. The van der Waals surface area contributed by atoms with Gasteiger partial charge < -0.3 is 15.4 Å². The molecule has 26 heavy (non-hydrogen) atoms. The SMILES string of the molecule is Cc1cc(C(=O)Nc2ccc(C3CNCCO3)nc2)nc(C(F)(F)F)n1. The number of alkyl halides is 3. The number of rotatable bonds is 3. The smallest absolute Gasteiger partial charge is 0.369 e. The van der Waals surface area contributed by atoms with E-state index in [2.05, 4.69) is 25.6 Å². The summed E-state index contributed by atoms with van der Waals surface area (Å²) < 4.78 is 43.9. The second kappa shape index (κ2) is 7.34. The summed E-state index contributed by atoms with van der Waals surface area (Å²) in [5, 5.41) is 5.66. The van der Waals surface area contributed by atoms with E-state index in [4.69, 9.17) is 4.74 Å². The second-order valence-electron chi connectivity index (χ2n) is 5.71. The van der Waals surface area contributed by atoms with Gasteiger partial charge >= 0.3 is 6.18 Å². The van der Waals surface area contributed by atoms with Gasteiger partial charge in [-0.1, -0.05) is 0 Å². The molecular formula is C16H16F3N5O2. The average Bonchev–Trinajstić information content (AvgIpc) is 2.62. The molecule has 0 aliphatic carbocycles. The summed E-state index contributed by atoms with van der Waals surface area (Å²) in [4.78, 5) is 23.0. The zero-order chi connectivity index (χ0) is 18.7. The minimum Gasteiger partial charge on any atom is -0.369 e. The number of anilines is 1. The van der Waals surface area contributed by atoms with Crippen molar-refractivity contribution in [3.63, 3.8) is 0 Å². The van der Waals surface area contributed by atoms with Crippen molar-refractivity contribution in [1.29, 1.82) is 0 Å². The monoisotopic (exact) mass is 367 g/mol. The van der Waals surface area contributed by atoms with Gasteiger partial charge in [0.25, 0.3) is 5.91 Å². The summed E-state index contributed by atoms with van der Waals surface area (Å²) in [7, 11) is 0. The molecule has 2 N–H and O–H groups in total. The highest BCUT2D eigenvalue weighted by Gasteiger charge is 2.35. The number of nitrogens with one attached hydrogen (secondary N) is 2. The van der Waals surface area contributed by atoms with Gasteiger partial charge in [0.2, 0.25) is 5.82 Å². The van der Waals surface area contributed by atoms with Crippen LogP contribution in [0.15, 0.2) is 24.4 Å². The Morgan fingerprint density at radius 2 is 2.15 bits per heavy atom. The van der Waals surface area contributed by atoms with Crippen molar-refractivity contribution in [3.8, 4) is 0 Å². The number of nitrogens with zero attached hydrogens (tertiary/aromatic N) is 3. The predicted molar refractivity (Wildman–Crippen MR) is 85.5 cm³/mol. The highest BCUT2D eigenvalue weighted by molar-refractivity contribution is 6.02. The van der Waals surface area contributed by atoms with Crippen molar-refractivity contribution in [2.45, 2.75) is 19.2 Å². The van der Waals surface area contributed by atoms with E-state index in [-0.39, 0.29) is 17.5 Å². The summed E-state index contributed by atoms with van der Waals surface area (Å²) in [5.41, 5.74) is 0.724. The van der Waals surface area contributed by atoms with Crippen LogP contribution < -0.4 is 10.6 Å². The molecule has 1 amide bonds. The first-order valence-electron chi connectivity index (χ1n) is 7.85. The predicted octanol–water partition coefficient (Wildman–Crippen LogP) is 2.11. The largest absolute Gasteiger partial charge is 0.451 e. The van der Waals surface area contributed by atoms with Gasteiger partial charge in [-0.15, -0.1) is 0 Å². The van der Waals surface area contributed by atoms with Crippen molar-refractivity contribution in [2.75, 3.05) is 25.0 Å². The van der Waals surface area contributed by atoms with Gasteiger partial charge in [0.1, 0.15) is 11.8 Å². The van der Waals surface area contributed by atoms with E-state index >= 15 is 0 Å². The van der Waals surface area contributed by atoms with Gasteiger partial charge in [-0.05, 0) is 25.1 Å². The lowest BCUT2D eigenvalue weighted by molar-refractivity contribution is -0.145. The van der Waals surface area contributed by atoms with Crippen LogP contribution in [0.1, 0.15) is 33.8 Å². The summed E-state index contributed by atoms with van der Waals surface area (Å²) in [6.45, 7) is 3.36. The molecular weight excluding hydrogens is 351 g/mol. The van der Waals surface area contributed by atoms with Crippen molar-refractivity contribution in [3.05, 3.63) is 47.3 Å². The maximum Gasteiger partial charge on any atom is 0.451 e. The molecule has 3 rings (SSSR count). The molecule has 1 aliphatic rings. The molecule has 138 valence electrons. The Labute approximate surface area is 147 Å². The van der Waals surface area contributed by atoms with Crippen molar-refractivity contribution < 1.29 is 22.7 Å². The van der Waals surface area contributed by atoms with Crippen LogP contribution in [0.4, 0.5) is 18.9 Å². The molecule has 1 saturated heterocycles. The molecule has 2 aromatic heterocycles. The maximum atomic E-state index is 12.8. The Morgan fingerprint density at radius 1 is 1.35 bits per heavy atom. The average molecular weight is 367 g/mol. The fourth-order valence-electron chi connectivity index (χ4n) is 2.43. The molecule has 0 spiro atoms. The van der Waals surface area contributed by atoms with Crippen LogP contribution in [0.2, 0.25) is 0 Å². The van der Waals surface area contributed by atoms with Crippen LogP contribution in [0, 0.1) is 6.92 Å². The van der Waals surface area contributed by atoms with E-state index in [0.717, 1.165) is 6.54 Å². The lowest BCUT2D eigenvalue weighted by atomic mass is 10.2. The van der Waals surface area contributed by atoms with E-state index in [1.165, 1.54) is 19.2 Å². The number of amides is 1. The van der Waals surface area contributed by atoms with Gasteiger partial charge in [-0.2, -0.15) is 13.2 Å². The molecule has 1 unspecified atom stereocenters. The molecule has 10 heteroatoms. The number of pyridine rings is 1. The number of carbonyl (C=O) groups is 1. The van der Waals surface area contributed by atoms with Crippen LogP contribution in [-0.4, -0.2) is 40.6 Å². The van der Waals surface area contributed by atoms with E-state index in [9.17, 15) is 18.0 Å². The van der Waals surface area contributed by atoms with E-state index in [1.807, 2.05) is 0 Å². The summed E-state index contributed by atoms with van der Waals surface area (Å²) in [6.07, 6.45) is -3.48. The molecule has 0 radical (unpaired) electrons. The molecule has 0 bridgehead atoms. The third-order valence-corrected chi connectivity index (χ3v) is 3.64.